The lowest BCUT2D eigenvalue weighted by Gasteiger charge is -2.46. The maximum Gasteiger partial charge on any atom is 0.247 e. The first-order valence-electron chi connectivity index (χ1n) is 6.68. The Bertz CT molecular complexity index is 574. The van der Waals surface area contributed by atoms with Crippen molar-refractivity contribution < 1.29 is 4.79 Å². The summed E-state index contributed by atoms with van der Waals surface area (Å²) in [5.41, 5.74) is 7.25. The number of carbonyl (C=O) groups excluding carboxylic acids is 1. The molecule has 0 saturated carbocycles. The average molecular weight is 272 g/mol. The Labute approximate surface area is 119 Å². The predicted molar refractivity (Wildman–Crippen MR) is 78.1 cm³/mol. The van der Waals surface area contributed by atoms with Crippen molar-refractivity contribution in [2.24, 2.45) is 5.73 Å². The zero-order valence-corrected chi connectivity index (χ0v) is 12.2. The minimum absolute atomic E-state index is 0.0653. The molecule has 20 heavy (non-hydrogen) atoms. The highest BCUT2D eigenvalue weighted by Crippen LogP contribution is 2.31. The average Bonchev–Trinajstić information content (AvgIpc) is 2.44. The number of amides is 1. The Hall–Kier alpha value is -2.06. The first kappa shape index (κ1) is 14.4. The van der Waals surface area contributed by atoms with Crippen LogP contribution in [-0.4, -0.2) is 36.5 Å². The van der Waals surface area contributed by atoms with Gasteiger partial charge in [-0.3, -0.25) is 4.79 Å². The van der Waals surface area contributed by atoms with Gasteiger partial charge in [-0.25, -0.2) is 0 Å². The van der Waals surface area contributed by atoms with E-state index in [2.05, 4.69) is 6.07 Å². The van der Waals surface area contributed by atoms with Crippen molar-refractivity contribution >= 4 is 11.6 Å². The van der Waals surface area contributed by atoms with Crippen LogP contribution in [0.5, 0.6) is 0 Å². The Balaban J connectivity index is 2.46. The Kier molecular flexibility index (Phi) is 3.69. The Morgan fingerprint density at radius 2 is 2.10 bits per heavy atom. The lowest BCUT2D eigenvalue weighted by Crippen LogP contribution is -2.62. The topological polar surface area (TPSA) is 73.4 Å². The van der Waals surface area contributed by atoms with E-state index >= 15 is 0 Å². The minimum atomic E-state index is -0.650. The highest BCUT2D eigenvalue weighted by molar-refractivity contribution is 5.90. The van der Waals surface area contributed by atoms with Gasteiger partial charge in [0.05, 0.1) is 11.3 Å². The van der Waals surface area contributed by atoms with Crippen LogP contribution < -0.4 is 10.6 Å². The van der Waals surface area contributed by atoms with E-state index in [0.717, 1.165) is 11.3 Å². The van der Waals surface area contributed by atoms with Gasteiger partial charge < -0.3 is 15.5 Å². The number of hydrogen-bond donors (Lipinski definition) is 1. The number of nitriles is 1. The summed E-state index contributed by atoms with van der Waals surface area (Å²) >= 11 is 0. The van der Waals surface area contributed by atoms with Crippen molar-refractivity contribution in [3.05, 3.63) is 29.3 Å². The summed E-state index contributed by atoms with van der Waals surface area (Å²) in [6.45, 7) is 5.56. The Morgan fingerprint density at radius 1 is 1.40 bits per heavy atom. The SMILES string of the molecule is CN1CCN(c2ccc(CN)cc2C#N)C(C)(C)C1=O. The van der Waals surface area contributed by atoms with Crippen LogP contribution in [0.4, 0.5) is 5.69 Å². The lowest BCUT2D eigenvalue weighted by atomic mass is 9.95. The molecule has 1 fully saturated rings. The second kappa shape index (κ2) is 5.14. The number of nitrogens with two attached hydrogens (primary N) is 1. The fourth-order valence-corrected chi connectivity index (χ4v) is 2.67. The molecule has 1 aromatic rings. The second-order valence-electron chi connectivity index (χ2n) is 5.60. The van der Waals surface area contributed by atoms with Crippen LogP contribution in [0, 0.1) is 11.3 Å². The van der Waals surface area contributed by atoms with Crippen LogP contribution in [0.1, 0.15) is 25.0 Å². The second-order valence-corrected chi connectivity index (χ2v) is 5.60. The number of nitrogens with zero attached hydrogens (tertiary/aromatic N) is 3. The van der Waals surface area contributed by atoms with E-state index in [1.807, 2.05) is 37.9 Å². The van der Waals surface area contributed by atoms with Gasteiger partial charge in [0.2, 0.25) is 5.91 Å². The number of benzene rings is 1. The van der Waals surface area contributed by atoms with Crippen molar-refractivity contribution in [3.63, 3.8) is 0 Å². The molecule has 5 heteroatoms. The maximum absolute atomic E-state index is 12.3. The largest absolute Gasteiger partial charge is 0.355 e. The van der Waals surface area contributed by atoms with Gasteiger partial charge >= 0.3 is 0 Å². The van der Waals surface area contributed by atoms with Gasteiger partial charge in [0.25, 0.3) is 0 Å². The van der Waals surface area contributed by atoms with E-state index in [1.54, 1.807) is 11.0 Å². The molecule has 0 bridgehead atoms. The van der Waals surface area contributed by atoms with E-state index in [1.165, 1.54) is 0 Å². The van der Waals surface area contributed by atoms with Crippen LogP contribution in [0.2, 0.25) is 0 Å². The van der Waals surface area contributed by atoms with Gasteiger partial charge in [0.1, 0.15) is 11.6 Å². The van der Waals surface area contributed by atoms with Gasteiger partial charge in [-0.15, -0.1) is 0 Å². The van der Waals surface area contributed by atoms with Crippen LogP contribution in [-0.2, 0) is 11.3 Å². The third-order valence-corrected chi connectivity index (χ3v) is 3.91. The van der Waals surface area contributed by atoms with Gasteiger partial charge in [-0.05, 0) is 31.5 Å². The molecule has 0 aliphatic carbocycles. The molecule has 106 valence electrons. The van der Waals surface area contributed by atoms with Crippen molar-refractivity contribution in [3.8, 4) is 6.07 Å². The van der Waals surface area contributed by atoms with Crippen molar-refractivity contribution in [2.45, 2.75) is 25.9 Å². The third kappa shape index (κ3) is 2.23. The molecule has 1 aliphatic rings. The zero-order chi connectivity index (χ0) is 14.9. The number of hydrogen-bond acceptors (Lipinski definition) is 4. The number of anilines is 1. The number of rotatable bonds is 2. The summed E-state index contributed by atoms with van der Waals surface area (Å²) in [5.74, 6) is 0.0653. The zero-order valence-electron chi connectivity index (χ0n) is 12.2. The summed E-state index contributed by atoms with van der Waals surface area (Å²) in [7, 11) is 1.81. The molecule has 1 amide bonds. The molecule has 1 heterocycles. The van der Waals surface area contributed by atoms with Crippen molar-refractivity contribution in [1.82, 2.24) is 4.90 Å². The van der Waals surface area contributed by atoms with Crippen LogP contribution in [0.15, 0.2) is 18.2 Å². The molecule has 1 saturated heterocycles. The summed E-state index contributed by atoms with van der Waals surface area (Å²) in [6, 6.07) is 7.81. The summed E-state index contributed by atoms with van der Waals surface area (Å²) in [5, 5.41) is 9.34. The van der Waals surface area contributed by atoms with Crippen LogP contribution in [0.3, 0.4) is 0 Å². The molecule has 1 aliphatic heterocycles. The molecular weight excluding hydrogens is 252 g/mol. The smallest absolute Gasteiger partial charge is 0.247 e. The summed E-state index contributed by atoms with van der Waals surface area (Å²) in [6.07, 6.45) is 0. The van der Waals surface area contributed by atoms with Crippen LogP contribution >= 0.6 is 0 Å². The normalized spacial score (nSPS) is 18.1. The van der Waals surface area contributed by atoms with E-state index in [-0.39, 0.29) is 5.91 Å². The molecule has 0 radical (unpaired) electrons. The quantitative estimate of drug-likeness (QED) is 0.874. The maximum atomic E-state index is 12.3. The fraction of sp³-hybridized carbons (Fsp3) is 0.467. The molecule has 0 unspecified atom stereocenters. The van der Waals surface area contributed by atoms with Gasteiger partial charge in [0, 0.05) is 26.7 Å². The lowest BCUT2D eigenvalue weighted by molar-refractivity contribution is -0.136. The molecule has 0 spiro atoms. The van der Waals surface area contributed by atoms with E-state index < -0.39 is 5.54 Å². The van der Waals surface area contributed by atoms with Gasteiger partial charge in [-0.2, -0.15) is 5.26 Å². The molecule has 2 rings (SSSR count). The molecule has 0 atom stereocenters. The molecule has 0 aromatic heterocycles. The number of piperazine rings is 1. The first-order valence-corrected chi connectivity index (χ1v) is 6.68. The minimum Gasteiger partial charge on any atom is -0.355 e. The third-order valence-electron chi connectivity index (χ3n) is 3.91. The van der Waals surface area contributed by atoms with Crippen molar-refractivity contribution in [1.29, 1.82) is 5.26 Å². The van der Waals surface area contributed by atoms with Gasteiger partial charge in [-0.1, -0.05) is 6.07 Å². The fourth-order valence-electron chi connectivity index (χ4n) is 2.67. The Morgan fingerprint density at radius 3 is 2.70 bits per heavy atom. The predicted octanol–water partition coefficient (Wildman–Crippen LogP) is 1.07. The molecule has 2 N–H and O–H groups in total. The molecular formula is C15H20N4O. The van der Waals surface area contributed by atoms with E-state index in [9.17, 15) is 10.1 Å². The monoisotopic (exact) mass is 272 g/mol. The first-order chi connectivity index (χ1) is 9.41. The highest BCUT2D eigenvalue weighted by Gasteiger charge is 2.41. The highest BCUT2D eigenvalue weighted by atomic mass is 16.2. The van der Waals surface area contributed by atoms with E-state index in [0.29, 0.717) is 25.2 Å². The van der Waals surface area contributed by atoms with E-state index in [4.69, 9.17) is 5.73 Å². The summed E-state index contributed by atoms with van der Waals surface area (Å²) < 4.78 is 0. The standard InChI is InChI=1S/C15H20N4O/c1-15(2)14(20)18(3)6-7-19(15)13-5-4-11(9-16)8-12(13)10-17/h4-5,8H,6-7,9,16H2,1-3H3. The van der Waals surface area contributed by atoms with Crippen LogP contribution in [0.25, 0.3) is 0 Å². The number of carbonyl (C=O) groups is 1. The van der Waals surface area contributed by atoms with Gasteiger partial charge in [0.15, 0.2) is 0 Å². The molecule has 1 aromatic carbocycles. The number of likely N-dealkylation sites (N-methyl/N-ethyl adjacent to an activating group) is 1. The molecule has 5 nitrogen and oxygen atoms in total. The summed E-state index contributed by atoms with van der Waals surface area (Å²) in [4.78, 5) is 16.1. The van der Waals surface area contributed by atoms with Crippen molar-refractivity contribution in [2.75, 3.05) is 25.0 Å².